The fourth-order valence-corrected chi connectivity index (χ4v) is 4.04. The number of carbonyl (C=O) groups excluding carboxylic acids is 1. The molecule has 1 amide bonds. The van der Waals surface area contributed by atoms with Crippen LogP contribution < -0.4 is 9.46 Å². The molecule has 0 aliphatic heterocycles. The van der Waals surface area contributed by atoms with Crippen molar-refractivity contribution >= 4 is 21.6 Å². The van der Waals surface area contributed by atoms with E-state index in [0.29, 0.717) is 17.0 Å². The molecule has 27 heavy (non-hydrogen) atoms. The number of aryl methyl sites for hydroxylation is 4. The van der Waals surface area contributed by atoms with Gasteiger partial charge in [0, 0.05) is 14.1 Å². The molecule has 146 valence electrons. The van der Waals surface area contributed by atoms with Crippen LogP contribution in [0.1, 0.15) is 22.3 Å². The molecule has 0 aromatic heterocycles. The Morgan fingerprint density at radius 2 is 1.59 bits per heavy atom. The van der Waals surface area contributed by atoms with Crippen molar-refractivity contribution in [3.05, 3.63) is 52.6 Å². The minimum atomic E-state index is -3.74. The summed E-state index contributed by atoms with van der Waals surface area (Å²) in [6, 6.07) is 8.46. The first kappa shape index (κ1) is 20.8. The van der Waals surface area contributed by atoms with Crippen molar-refractivity contribution in [2.24, 2.45) is 0 Å². The fraction of sp³-hybridized carbons (Fsp3) is 0.350. The van der Waals surface area contributed by atoms with Crippen LogP contribution in [-0.4, -0.2) is 39.9 Å². The third-order valence-electron chi connectivity index (χ3n) is 4.22. The zero-order valence-electron chi connectivity index (χ0n) is 16.6. The number of ether oxygens (including phenoxy) is 1. The molecule has 2 aromatic carbocycles. The van der Waals surface area contributed by atoms with Crippen LogP contribution in [0, 0.1) is 27.7 Å². The van der Waals surface area contributed by atoms with E-state index in [-0.39, 0.29) is 17.4 Å². The topological polar surface area (TPSA) is 75.7 Å². The highest BCUT2D eigenvalue weighted by atomic mass is 32.2. The van der Waals surface area contributed by atoms with Crippen LogP contribution in [0.2, 0.25) is 0 Å². The number of nitrogens with one attached hydrogen (secondary N) is 1. The summed E-state index contributed by atoms with van der Waals surface area (Å²) in [4.78, 5) is 13.2. The van der Waals surface area contributed by atoms with Gasteiger partial charge in [0.05, 0.1) is 10.6 Å². The molecule has 2 rings (SSSR count). The average Bonchev–Trinajstić information content (AvgIpc) is 2.56. The van der Waals surface area contributed by atoms with Gasteiger partial charge in [-0.25, -0.2) is 8.42 Å². The number of rotatable bonds is 6. The second-order valence-corrected chi connectivity index (χ2v) is 8.57. The lowest BCUT2D eigenvalue weighted by Crippen LogP contribution is -2.27. The minimum Gasteiger partial charge on any atom is -0.483 e. The van der Waals surface area contributed by atoms with Gasteiger partial charge in [-0.2, -0.15) is 0 Å². The predicted molar refractivity (Wildman–Crippen MR) is 107 cm³/mol. The lowest BCUT2D eigenvalue weighted by molar-refractivity contribution is -0.130. The number of anilines is 1. The molecule has 0 atom stereocenters. The van der Waals surface area contributed by atoms with Gasteiger partial charge in [-0.05, 0) is 62.6 Å². The lowest BCUT2D eigenvalue weighted by Gasteiger charge is -2.16. The molecule has 0 aliphatic carbocycles. The number of carbonyl (C=O) groups is 1. The number of sulfonamides is 1. The first-order valence-corrected chi connectivity index (χ1v) is 10.0. The van der Waals surface area contributed by atoms with Gasteiger partial charge in [-0.3, -0.25) is 9.52 Å². The van der Waals surface area contributed by atoms with Gasteiger partial charge in [0.25, 0.3) is 15.9 Å². The second-order valence-electron chi connectivity index (χ2n) is 6.88. The van der Waals surface area contributed by atoms with E-state index in [1.807, 2.05) is 32.9 Å². The first-order valence-electron chi connectivity index (χ1n) is 8.55. The van der Waals surface area contributed by atoms with Crippen molar-refractivity contribution in [2.45, 2.75) is 32.6 Å². The summed E-state index contributed by atoms with van der Waals surface area (Å²) in [7, 11) is -0.440. The fourth-order valence-electron chi connectivity index (χ4n) is 2.75. The van der Waals surface area contributed by atoms with Gasteiger partial charge in [-0.1, -0.05) is 17.7 Å². The van der Waals surface area contributed by atoms with Crippen LogP contribution in [0.4, 0.5) is 5.69 Å². The van der Waals surface area contributed by atoms with Gasteiger partial charge in [0.15, 0.2) is 6.61 Å². The maximum atomic E-state index is 12.8. The molecular formula is C20H26N2O4S. The van der Waals surface area contributed by atoms with Crippen LogP contribution in [0.25, 0.3) is 0 Å². The summed E-state index contributed by atoms with van der Waals surface area (Å²) in [5.74, 6) is 0.310. The molecule has 0 saturated heterocycles. The quantitative estimate of drug-likeness (QED) is 0.822. The Bertz CT molecular complexity index is 943. The molecule has 0 heterocycles. The Kier molecular flexibility index (Phi) is 6.15. The van der Waals surface area contributed by atoms with Crippen molar-refractivity contribution in [1.29, 1.82) is 0 Å². The summed E-state index contributed by atoms with van der Waals surface area (Å²) in [6.07, 6.45) is 0. The number of benzene rings is 2. The van der Waals surface area contributed by atoms with Crippen molar-refractivity contribution < 1.29 is 17.9 Å². The van der Waals surface area contributed by atoms with Crippen molar-refractivity contribution in [3.8, 4) is 5.75 Å². The number of amides is 1. The smallest absolute Gasteiger partial charge is 0.261 e. The van der Waals surface area contributed by atoms with E-state index < -0.39 is 10.0 Å². The van der Waals surface area contributed by atoms with E-state index in [2.05, 4.69) is 4.72 Å². The highest BCUT2D eigenvalue weighted by Crippen LogP contribution is 2.27. The van der Waals surface area contributed by atoms with Crippen LogP contribution in [0.5, 0.6) is 5.75 Å². The Labute approximate surface area is 161 Å². The largest absolute Gasteiger partial charge is 0.483 e. The minimum absolute atomic E-state index is 0.0973. The zero-order chi connectivity index (χ0) is 20.4. The Morgan fingerprint density at radius 3 is 2.11 bits per heavy atom. The summed E-state index contributed by atoms with van der Waals surface area (Å²) in [6.45, 7) is 7.38. The normalized spacial score (nSPS) is 11.2. The van der Waals surface area contributed by atoms with Gasteiger partial charge >= 0.3 is 0 Å². The molecule has 0 radical (unpaired) electrons. The van der Waals surface area contributed by atoms with Crippen LogP contribution in [0.15, 0.2) is 35.2 Å². The summed E-state index contributed by atoms with van der Waals surface area (Å²) < 4.78 is 33.8. The summed E-state index contributed by atoms with van der Waals surface area (Å²) >= 11 is 0. The third-order valence-corrected chi connectivity index (χ3v) is 5.57. The highest BCUT2D eigenvalue weighted by molar-refractivity contribution is 7.92. The highest BCUT2D eigenvalue weighted by Gasteiger charge is 2.18. The molecule has 7 heteroatoms. The lowest BCUT2D eigenvalue weighted by atomic mass is 10.1. The number of nitrogens with zero attached hydrogens (tertiary/aromatic N) is 1. The maximum absolute atomic E-state index is 12.8. The number of hydrogen-bond donors (Lipinski definition) is 1. The van der Waals surface area contributed by atoms with E-state index in [0.717, 1.165) is 16.7 Å². The summed E-state index contributed by atoms with van der Waals surface area (Å²) in [5.41, 5.74) is 4.06. The van der Waals surface area contributed by atoms with Crippen molar-refractivity contribution in [3.63, 3.8) is 0 Å². The van der Waals surface area contributed by atoms with E-state index in [1.165, 1.54) is 17.0 Å². The van der Waals surface area contributed by atoms with E-state index in [4.69, 9.17) is 4.74 Å². The van der Waals surface area contributed by atoms with Crippen LogP contribution in [0.3, 0.4) is 0 Å². The number of likely N-dealkylation sites (N-methyl/N-ethyl adjacent to an activating group) is 1. The van der Waals surface area contributed by atoms with E-state index in [1.54, 1.807) is 27.1 Å². The molecule has 0 bridgehead atoms. The second kappa shape index (κ2) is 8.00. The molecule has 6 nitrogen and oxygen atoms in total. The molecule has 0 fully saturated rings. The zero-order valence-corrected chi connectivity index (χ0v) is 17.4. The molecule has 0 spiro atoms. The van der Waals surface area contributed by atoms with Gasteiger partial charge in [0.2, 0.25) is 0 Å². The van der Waals surface area contributed by atoms with Gasteiger partial charge < -0.3 is 9.64 Å². The molecule has 2 aromatic rings. The monoisotopic (exact) mass is 390 g/mol. The molecule has 1 N–H and O–H groups in total. The predicted octanol–water partition coefficient (Wildman–Crippen LogP) is 3.19. The Balaban J connectivity index is 2.25. The SMILES string of the molecule is Cc1cc(C)c(NS(=O)(=O)c2ccc(OCC(=O)N(C)C)c(C)c2)c(C)c1. The van der Waals surface area contributed by atoms with Crippen molar-refractivity contribution in [2.75, 3.05) is 25.4 Å². The molecule has 0 unspecified atom stereocenters. The Hall–Kier alpha value is -2.54. The average molecular weight is 391 g/mol. The van der Waals surface area contributed by atoms with Crippen LogP contribution in [-0.2, 0) is 14.8 Å². The maximum Gasteiger partial charge on any atom is 0.261 e. The van der Waals surface area contributed by atoms with E-state index in [9.17, 15) is 13.2 Å². The van der Waals surface area contributed by atoms with Crippen molar-refractivity contribution in [1.82, 2.24) is 4.90 Å². The summed E-state index contributed by atoms with van der Waals surface area (Å²) in [5, 5.41) is 0. The van der Waals surface area contributed by atoms with E-state index >= 15 is 0 Å². The standard InChI is InChI=1S/C20H26N2O4S/c1-13-9-15(3)20(16(4)10-13)21-27(24,25)17-7-8-18(14(2)11-17)26-12-19(23)22(5)6/h7-11,21H,12H2,1-6H3. The van der Waals surface area contributed by atoms with Crippen LogP contribution >= 0.6 is 0 Å². The Morgan fingerprint density at radius 1 is 1.00 bits per heavy atom. The molecule has 0 saturated carbocycles. The molecule has 0 aliphatic rings. The van der Waals surface area contributed by atoms with Gasteiger partial charge in [-0.15, -0.1) is 0 Å². The molecular weight excluding hydrogens is 364 g/mol. The third kappa shape index (κ3) is 5.01. The van der Waals surface area contributed by atoms with Gasteiger partial charge in [0.1, 0.15) is 5.75 Å². The number of hydrogen-bond acceptors (Lipinski definition) is 4. The first-order chi connectivity index (χ1) is 12.5.